The van der Waals surface area contributed by atoms with Crippen LogP contribution >= 0.6 is 0 Å². The van der Waals surface area contributed by atoms with Crippen molar-refractivity contribution in [3.63, 3.8) is 0 Å². The summed E-state index contributed by atoms with van der Waals surface area (Å²) in [5.74, 6) is 2.21. The van der Waals surface area contributed by atoms with Gasteiger partial charge >= 0.3 is 0 Å². The topological polar surface area (TPSA) is 80.0 Å². The molecule has 0 radical (unpaired) electrons. The lowest BCUT2D eigenvalue weighted by molar-refractivity contribution is 0.0321. The maximum Gasteiger partial charge on any atom is 0.223 e. The summed E-state index contributed by atoms with van der Waals surface area (Å²) >= 11 is 0. The lowest BCUT2D eigenvalue weighted by Crippen LogP contribution is -2.52. The SMILES string of the molecule is Nc1nc(N2CCOCC2)cc(N2CCN(C3CCOCC3)CC2)n1. The number of hydrogen-bond donors (Lipinski definition) is 1. The van der Waals surface area contributed by atoms with Gasteiger partial charge in [-0.05, 0) is 12.8 Å². The highest BCUT2D eigenvalue weighted by atomic mass is 16.5. The number of nitrogens with zero attached hydrogens (tertiary/aromatic N) is 5. The van der Waals surface area contributed by atoms with Gasteiger partial charge in [0, 0.05) is 64.6 Å². The summed E-state index contributed by atoms with van der Waals surface area (Å²) in [5.41, 5.74) is 5.99. The van der Waals surface area contributed by atoms with Gasteiger partial charge in [0.2, 0.25) is 5.95 Å². The van der Waals surface area contributed by atoms with Crippen molar-refractivity contribution in [2.24, 2.45) is 0 Å². The molecule has 0 saturated carbocycles. The van der Waals surface area contributed by atoms with Gasteiger partial charge in [0.15, 0.2) is 0 Å². The average Bonchev–Trinajstić information content (AvgIpc) is 2.69. The van der Waals surface area contributed by atoms with Gasteiger partial charge in [-0.2, -0.15) is 9.97 Å². The standard InChI is InChI=1S/C17H28N6O2/c18-17-19-15(13-16(20-17)23-7-11-25-12-8-23)22-5-3-21(4-6-22)14-1-9-24-10-2-14/h13-14H,1-12H2,(H2,18,19,20). The monoisotopic (exact) mass is 348 g/mol. The van der Waals surface area contributed by atoms with E-state index < -0.39 is 0 Å². The first-order valence-corrected chi connectivity index (χ1v) is 9.33. The Morgan fingerprint density at radius 3 is 2.00 bits per heavy atom. The maximum atomic E-state index is 5.99. The molecule has 1 aromatic heterocycles. The van der Waals surface area contributed by atoms with E-state index in [1.807, 2.05) is 0 Å². The zero-order valence-corrected chi connectivity index (χ0v) is 14.8. The van der Waals surface area contributed by atoms with Gasteiger partial charge in [0.25, 0.3) is 0 Å². The van der Waals surface area contributed by atoms with Crippen molar-refractivity contribution in [3.05, 3.63) is 6.07 Å². The van der Waals surface area contributed by atoms with Crippen molar-refractivity contribution >= 4 is 17.6 Å². The molecule has 3 aliphatic heterocycles. The Morgan fingerprint density at radius 2 is 1.36 bits per heavy atom. The summed E-state index contributed by atoms with van der Waals surface area (Å²) in [4.78, 5) is 16.1. The molecular formula is C17H28N6O2. The molecule has 25 heavy (non-hydrogen) atoms. The van der Waals surface area contributed by atoms with Crippen LogP contribution in [-0.2, 0) is 9.47 Å². The van der Waals surface area contributed by atoms with Crippen LogP contribution in [0, 0.1) is 0 Å². The van der Waals surface area contributed by atoms with Crippen molar-refractivity contribution in [1.82, 2.24) is 14.9 Å². The molecule has 2 N–H and O–H groups in total. The number of aromatic nitrogens is 2. The van der Waals surface area contributed by atoms with E-state index in [4.69, 9.17) is 15.2 Å². The van der Waals surface area contributed by atoms with Crippen LogP contribution in [0.15, 0.2) is 6.07 Å². The van der Waals surface area contributed by atoms with Crippen molar-refractivity contribution in [2.45, 2.75) is 18.9 Å². The summed E-state index contributed by atoms with van der Waals surface area (Å²) in [6.07, 6.45) is 2.31. The van der Waals surface area contributed by atoms with Crippen LogP contribution in [0.2, 0.25) is 0 Å². The van der Waals surface area contributed by atoms with Gasteiger partial charge in [-0.1, -0.05) is 0 Å². The third-order valence-electron chi connectivity index (χ3n) is 5.40. The Kier molecular flexibility index (Phi) is 5.19. The second-order valence-electron chi connectivity index (χ2n) is 6.91. The Bertz CT molecular complexity index is 566. The molecule has 0 aliphatic carbocycles. The normalized spacial score (nSPS) is 23.8. The molecule has 8 heteroatoms. The van der Waals surface area contributed by atoms with E-state index in [1.54, 1.807) is 0 Å². The van der Waals surface area contributed by atoms with Gasteiger partial charge in [0.05, 0.1) is 13.2 Å². The Morgan fingerprint density at radius 1 is 0.800 bits per heavy atom. The largest absolute Gasteiger partial charge is 0.381 e. The highest BCUT2D eigenvalue weighted by molar-refractivity contribution is 5.54. The fourth-order valence-corrected chi connectivity index (χ4v) is 3.92. The molecule has 3 aliphatic rings. The van der Waals surface area contributed by atoms with Crippen LogP contribution in [-0.4, -0.2) is 86.6 Å². The molecule has 138 valence electrons. The van der Waals surface area contributed by atoms with Crippen LogP contribution in [0.25, 0.3) is 0 Å². The molecule has 0 amide bonds. The zero-order chi connectivity index (χ0) is 17.1. The van der Waals surface area contributed by atoms with E-state index in [1.165, 1.54) is 0 Å². The maximum absolute atomic E-state index is 5.99. The molecule has 3 fully saturated rings. The third-order valence-corrected chi connectivity index (χ3v) is 5.40. The van der Waals surface area contributed by atoms with Crippen molar-refractivity contribution in [2.75, 3.05) is 81.2 Å². The molecule has 3 saturated heterocycles. The fourth-order valence-electron chi connectivity index (χ4n) is 3.92. The van der Waals surface area contributed by atoms with Crippen molar-refractivity contribution in [3.8, 4) is 0 Å². The first-order valence-electron chi connectivity index (χ1n) is 9.33. The summed E-state index contributed by atoms with van der Waals surface area (Å²) in [5, 5.41) is 0. The van der Waals surface area contributed by atoms with Crippen LogP contribution in [0.3, 0.4) is 0 Å². The predicted molar refractivity (Wildman–Crippen MR) is 97.1 cm³/mol. The average molecular weight is 348 g/mol. The van der Waals surface area contributed by atoms with E-state index in [0.717, 1.165) is 90.2 Å². The number of anilines is 3. The van der Waals surface area contributed by atoms with E-state index in [-0.39, 0.29) is 0 Å². The fraction of sp³-hybridized carbons (Fsp3) is 0.765. The lowest BCUT2D eigenvalue weighted by Gasteiger charge is -2.41. The number of rotatable bonds is 3. The first kappa shape index (κ1) is 16.8. The number of ether oxygens (including phenoxy) is 2. The Balaban J connectivity index is 1.41. The highest BCUT2D eigenvalue weighted by Gasteiger charge is 2.26. The van der Waals surface area contributed by atoms with E-state index in [2.05, 4.69) is 30.7 Å². The van der Waals surface area contributed by atoms with Gasteiger partial charge < -0.3 is 25.0 Å². The second kappa shape index (κ2) is 7.72. The van der Waals surface area contributed by atoms with Crippen LogP contribution in [0.4, 0.5) is 17.6 Å². The molecule has 8 nitrogen and oxygen atoms in total. The molecular weight excluding hydrogens is 320 g/mol. The number of hydrogen-bond acceptors (Lipinski definition) is 8. The van der Waals surface area contributed by atoms with E-state index >= 15 is 0 Å². The number of piperazine rings is 1. The van der Waals surface area contributed by atoms with E-state index in [0.29, 0.717) is 12.0 Å². The predicted octanol–water partition coefficient (Wildman–Crippen LogP) is 0.196. The van der Waals surface area contributed by atoms with Gasteiger partial charge in [0.1, 0.15) is 11.6 Å². The molecule has 1 aromatic rings. The Labute approximate surface area is 148 Å². The molecule has 0 unspecified atom stereocenters. The second-order valence-corrected chi connectivity index (χ2v) is 6.91. The van der Waals surface area contributed by atoms with Crippen LogP contribution < -0.4 is 15.5 Å². The Hall–Kier alpha value is -1.64. The van der Waals surface area contributed by atoms with Crippen LogP contribution in [0.5, 0.6) is 0 Å². The number of nitrogens with two attached hydrogens (primary N) is 1. The minimum atomic E-state index is 0.353. The van der Waals surface area contributed by atoms with Gasteiger partial charge in [-0.3, -0.25) is 4.90 Å². The highest BCUT2D eigenvalue weighted by Crippen LogP contribution is 2.23. The number of nitrogen functional groups attached to an aromatic ring is 1. The van der Waals surface area contributed by atoms with Crippen molar-refractivity contribution in [1.29, 1.82) is 0 Å². The third kappa shape index (κ3) is 3.96. The van der Waals surface area contributed by atoms with E-state index in [9.17, 15) is 0 Å². The molecule has 0 spiro atoms. The van der Waals surface area contributed by atoms with Gasteiger partial charge in [-0.25, -0.2) is 0 Å². The molecule has 0 bridgehead atoms. The summed E-state index contributed by atoms with van der Waals surface area (Å²) < 4.78 is 10.9. The molecule has 0 atom stereocenters. The lowest BCUT2D eigenvalue weighted by atomic mass is 10.1. The number of morpholine rings is 1. The van der Waals surface area contributed by atoms with Crippen molar-refractivity contribution < 1.29 is 9.47 Å². The minimum Gasteiger partial charge on any atom is -0.381 e. The summed E-state index contributed by atoms with van der Waals surface area (Å²) in [6, 6.07) is 2.75. The molecule has 4 rings (SSSR count). The van der Waals surface area contributed by atoms with Crippen LogP contribution in [0.1, 0.15) is 12.8 Å². The minimum absolute atomic E-state index is 0.353. The first-order chi connectivity index (χ1) is 12.3. The smallest absolute Gasteiger partial charge is 0.223 e. The van der Waals surface area contributed by atoms with Gasteiger partial charge in [-0.15, -0.1) is 0 Å². The molecule has 4 heterocycles. The summed E-state index contributed by atoms with van der Waals surface area (Å²) in [6.45, 7) is 9.09. The quantitative estimate of drug-likeness (QED) is 0.830. The zero-order valence-electron chi connectivity index (χ0n) is 14.8. The summed E-state index contributed by atoms with van der Waals surface area (Å²) in [7, 11) is 0. The molecule has 0 aromatic carbocycles.